The maximum atomic E-state index is 13.8. The molecule has 0 spiro atoms. The Morgan fingerprint density at radius 3 is 2.40 bits per heavy atom. The predicted molar refractivity (Wildman–Crippen MR) is 134 cm³/mol. The van der Waals surface area contributed by atoms with Gasteiger partial charge in [0.15, 0.2) is 11.5 Å². The highest BCUT2D eigenvalue weighted by molar-refractivity contribution is 6.36. The normalized spacial score (nSPS) is 14.7. The lowest BCUT2D eigenvalue weighted by Crippen LogP contribution is -2.33. The largest absolute Gasteiger partial charge is 0.493 e. The van der Waals surface area contributed by atoms with Gasteiger partial charge in [-0.25, -0.2) is 0 Å². The van der Waals surface area contributed by atoms with Crippen LogP contribution in [0.25, 0.3) is 0 Å². The van der Waals surface area contributed by atoms with Gasteiger partial charge in [-0.05, 0) is 43.2 Å². The number of ether oxygens (including phenoxy) is 3. The standard InChI is InChI=1S/C26H23Cl2N3O4/c1-14-11-21-24(22(16(13-29)25(30)35-21)23-17(27)5-4-6-18(23)28)26(32)31(14)10-9-15-7-8-19(33-2)20(12-15)34-3/h4-8,11-12,22H,9-10,30H2,1-3H3/t22-/m0/s1. The number of rotatable bonds is 6. The second kappa shape index (κ2) is 9.95. The van der Waals surface area contributed by atoms with Crippen LogP contribution in [0.4, 0.5) is 0 Å². The van der Waals surface area contributed by atoms with E-state index in [9.17, 15) is 10.1 Å². The van der Waals surface area contributed by atoms with Gasteiger partial charge in [-0.1, -0.05) is 35.3 Å². The van der Waals surface area contributed by atoms with E-state index in [1.165, 1.54) is 0 Å². The van der Waals surface area contributed by atoms with Gasteiger partial charge in [0, 0.05) is 33.9 Å². The van der Waals surface area contributed by atoms with Crippen molar-refractivity contribution in [3.63, 3.8) is 0 Å². The minimum atomic E-state index is -0.856. The summed E-state index contributed by atoms with van der Waals surface area (Å²) in [5, 5.41) is 10.5. The second-order valence-corrected chi connectivity index (χ2v) is 8.83. The van der Waals surface area contributed by atoms with E-state index in [0.29, 0.717) is 45.8 Å². The van der Waals surface area contributed by atoms with Gasteiger partial charge >= 0.3 is 0 Å². The highest BCUT2D eigenvalue weighted by atomic mass is 35.5. The van der Waals surface area contributed by atoms with E-state index in [-0.39, 0.29) is 28.3 Å². The van der Waals surface area contributed by atoms with Gasteiger partial charge in [-0.2, -0.15) is 5.26 Å². The van der Waals surface area contributed by atoms with Crippen LogP contribution in [-0.2, 0) is 13.0 Å². The third-order valence-electron chi connectivity index (χ3n) is 6.05. The Kier molecular flexibility index (Phi) is 6.97. The van der Waals surface area contributed by atoms with Crippen LogP contribution in [0.5, 0.6) is 17.2 Å². The van der Waals surface area contributed by atoms with Crippen molar-refractivity contribution in [3.8, 4) is 23.3 Å². The van der Waals surface area contributed by atoms with Crippen molar-refractivity contribution in [3.05, 3.63) is 96.7 Å². The van der Waals surface area contributed by atoms with E-state index in [1.807, 2.05) is 25.1 Å². The lowest BCUT2D eigenvalue weighted by atomic mass is 9.84. The average Bonchev–Trinajstić information content (AvgIpc) is 2.83. The van der Waals surface area contributed by atoms with Gasteiger partial charge in [-0.3, -0.25) is 4.79 Å². The van der Waals surface area contributed by atoms with E-state index in [1.54, 1.807) is 43.1 Å². The number of allylic oxidation sites excluding steroid dienone is 1. The third kappa shape index (κ3) is 4.43. The molecule has 0 bridgehead atoms. The van der Waals surface area contributed by atoms with Gasteiger partial charge in [0.25, 0.3) is 5.56 Å². The number of pyridine rings is 1. The lowest BCUT2D eigenvalue weighted by Gasteiger charge is -2.28. The first-order valence-corrected chi connectivity index (χ1v) is 11.5. The number of benzene rings is 2. The number of nitrogens with zero attached hydrogens (tertiary/aromatic N) is 2. The minimum absolute atomic E-state index is 0.0807. The fourth-order valence-corrected chi connectivity index (χ4v) is 4.93. The zero-order chi connectivity index (χ0) is 25.3. The fourth-order valence-electron chi connectivity index (χ4n) is 4.32. The predicted octanol–water partition coefficient (Wildman–Crippen LogP) is 4.94. The van der Waals surface area contributed by atoms with Crippen molar-refractivity contribution >= 4 is 23.2 Å². The Hall–Kier alpha value is -3.60. The van der Waals surface area contributed by atoms with Gasteiger partial charge in [0.1, 0.15) is 17.4 Å². The molecule has 0 fully saturated rings. The first kappa shape index (κ1) is 24.5. The molecule has 1 aliphatic heterocycles. The number of fused-ring (bicyclic) bond motifs is 1. The molecule has 0 amide bonds. The molecule has 0 aliphatic carbocycles. The van der Waals surface area contributed by atoms with Crippen LogP contribution >= 0.6 is 23.2 Å². The molecule has 0 saturated carbocycles. The summed E-state index contributed by atoms with van der Waals surface area (Å²) in [6.45, 7) is 2.20. The molecule has 4 rings (SSSR count). The molecule has 180 valence electrons. The van der Waals surface area contributed by atoms with E-state index in [2.05, 4.69) is 6.07 Å². The van der Waals surface area contributed by atoms with Gasteiger partial charge in [0.05, 0.1) is 25.7 Å². The Bertz CT molecular complexity index is 1420. The average molecular weight is 512 g/mol. The highest BCUT2D eigenvalue weighted by Crippen LogP contribution is 2.45. The molecule has 2 N–H and O–H groups in total. The van der Waals surface area contributed by atoms with Crippen molar-refractivity contribution in [1.29, 1.82) is 5.26 Å². The van der Waals surface area contributed by atoms with Crippen LogP contribution in [0.1, 0.15) is 28.3 Å². The van der Waals surface area contributed by atoms with Crippen LogP contribution < -0.4 is 25.5 Å². The first-order chi connectivity index (χ1) is 16.8. The number of aryl methyl sites for hydroxylation is 2. The topological polar surface area (TPSA) is 99.5 Å². The summed E-state index contributed by atoms with van der Waals surface area (Å²) < 4.78 is 18.0. The van der Waals surface area contributed by atoms with E-state index in [0.717, 1.165) is 5.56 Å². The van der Waals surface area contributed by atoms with Crippen molar-refractivity contribution < 1.29 is 14.2 Å². The third-order valence-corrected chi connectivity index (χ3v) is 6.71. The molecular formula is C26H23Cl2N3O4. The first-order valence-electron chi connectivity index (χ1n) is 10.8. The molecule has 1 aromatic heterocycles. The molecule has 3 aromatic rings. The second-order valence-electron chi connectivity index (χ2n) is 8.02. The summed E-state index contributed by atoms with van der Waals surface area (Å²) in [5.74, 6) is 0.588. The number of halogens is 2. The Morgan fingerprint density at radius 1 is 1.09 bits per heavy atom. The Balaban J connectivity index is 1.81. The number of nitriles is 1. The number of hydrogen-bond donors (Lipinski definition) is 1. The molecule has 1 atom stereocenters. The number of aromatic nitrogens is 1. The quantitative estimate of drug-likeness (QED) is 0.502. The van der Waals surface area contributed by atoms with Crippen molar-refractivity contribution in [2.75, 3.05) is 14.2 Å². The van der Waals surface area contributed by atoms with Crippen LogP contribution in [0.3, 0.4) is 0 Å². The van der Waals surface area contributed by atoms with E-state index < -0.39 is 5.92 Å². The van der Waals surface area contributed by atoms with Crippen molar-refractivity contribution in [2.24, 2.45) is 5.73 Å². The number of nitrogens with two attached hydrogens (primary N) is 1. The molecule has 35 heavy (non-hydrogen) atoms. The van der Waals surface area contributed by atoms with Crippen molar-refractivity contribution in [1.82, 2.24) is 4.57 Å². The maximum Gasteiger partial charge on any atom is 0.258 e. The SMILES string of the molecule is COc1ccc(CCn2c(C)cc3c(c2=O)[C@H](c2c(Cl)cccc2Cl)C(C#N)=C(N)O3)cc1OC. The molecule has 7 nitrogen and oxygen atoms in total. The Labute approximate surface area is 212 Å². The van der Waals surface area contributed by atoms with E-state index in [4.69, 9.17) is 43.1 Å². The number of hydrogen-bond acceptors (Lipinski definition) is 6. The summed E-state index contributed by atoms with van der Waals surface area (Å²) in [5.41, 5.74) is 8.21. The monoisotopic (exact) mass is 511 g/mol. The molecule has 9 heteroatoms. The molecule has 1 aliphatic rings. The number of methoxy groups -OCH3 is 2. The van der Waals surface area contributed by atoms with E-state index >= 15 is 0 Å². The van der Waals surface area contributed by atoms with Crippen LogP contribution in [0.15, 0.2) is 58.7 Å². The summed E-state index contributed by atoms with van der Waals surface area (Å²) in [4.78, 5) is 13.8. The van der Waals surface area contributed by atoms with Crippen LogP contribution in [-0.4, -0.2) is 18.8 Å². The van der Waals surface area contributed by atoms with Crippen LogP contribution in [0.2, 0.25) is 10.0 Å². The summed E-state index contributed by atoms with van der Waals surface area (Å²) in [6, 6.07) is 14.5. The summed E-state index contributed by atoms with van der Waals surface area (Å²) in [7, 11) is 3.15. The van der Waals surface area contributed by atoms with Crippen molar-refractivity contribution in [2.45, 2.75) is 25.8 Å². The molecule has 2 aromatic carbocycles. The fraction of sp³-hybridized carbons (Fsp3) is 0.231. The molecule has 0 radical (unpaired) electrons. The molecule has 0 unspecified atom stereocenters. The molecule has 0 saturated heterocycles. The molecule has 2 heterocycles. The summed E-state index contributed by atoms with van der Waals surface area (Å²) in [6.07, 6.45) is 0.557. The highest BCUT2D eigenvalue weighted by Gasteiger charge is 2.36. The lowest BCUT2D eigenvalue weighted by molar-refractivity contribution is 0.354. The van der Waals surface area contributed by atoms with Crippen LogP contribution in [0, 0.1) is 18.3 Å². The zero-order valence-corrected chi connectivity index (χ0v) is 20.9. The molecular weight excluding hydrogens is 489 g/mol. The summed E-state index contributed by atoms with van der Waals surface area (Å²) >= 11 is 13.0. The zero-order valence-electron chi connectivity index (χ0n) is 19.4. The van der Waals surface area contributed by atoms with Gasteiger partial charge in [0.2, 0.25) is 5.88 Å². The van der Waals surface area contributed by atoms with Gasteiger partial charge in [-0.15, -0.1) is 0 Å². The Morgan fingerprint density at radius 2 is 1.77 bits per heavy atom. The minimum Gasteiger partial charge on any atom is -0.493 e. The van der Waals surface area contributed by atoms with Gasteiger partial charge < -0.3 is 24.5 Å². The smallest absolute Gasteiger partial charge is 0.258 e. The maximum absolute atomic E-state index is 13.8.